The second kappa shape index (κ2) is 6.82. The van der Waals surface area contributed by atoms with Gasteiger partial charge in [-0.15, -0.1) is 0 Å². The molecule has 0 N–H and O–H groups in total. The molecule has 0 aromatic carbocycles. The van der Waals surface area contributed by atoms with Gasteiger partial charge in [0.25, 0.3) is 0 Å². The van der Waals surface area contributed by atoms with Gasteiger partial charge in [0.2, 0.25) is 0 Å². The monoisotopic (exact) mass is 176 g/mol. The van der Waals surface area contributed by atoms with Crippen molar-refractivity contribution in [1.82, 2.24) is 0 Å². The van der Waals surface area contributed by atoms with Gasteiger partial charge >= 0.3 is 0 Å². The van der Waals surface area contributed by atoms with E-state index in [1.54, 1.807) is 0 Å². The standard InChI is InChI=1S/C8H20O2Si/c1-4-7(5-2)9-8(6-3)10-11/h7-8H,4-6H2,1-3,11H3. The Kier molecular flexibility index (Phi) is 6.91. The van der Waals surface area contributed by atoms with Crippen molar-refractivity contribution in [3.05, 3.63) is 0 Å². The maximum Gasteiger partial charge on any atom is 0.149 e. The van der Waals surface area contributed by atoms with Crippen molar-refractivity contribution in [2.75, 3.05) is 0 Å². The molecule has 0 aliphatic rings. The topological polar surface area (TPSA) is 18.5 Å². The molecular weight excluding hydrogens is 156 g/mol. The molecule has 0 heterocycles. The Labute approximate surface area is 72.8 Å². The SMILES string of the molecule is CCC(CC)OC(CC)O[SiH3]. The van der Waals surface area contributed by atoms with Gasteiger partial charge in [0, 0.05) is 0 Å². The minimum atomic E-state index is 0.0477. The van der Waals surface area contributed by atoms with Crippen LogP contribution in [-0.2, 0) is 9.16 Å². The molecule has 2 nitrogen and oxygen atoms in total. The van der Waals surface area contributed by atoms with Crippen LogP contribution in [0.15, 0.2) is 0 Å². The molecular formula is C8H20O2Si. The van der Waals surface area contributed by atoms with Crippen LogP contribution in [0.1, 0.15) is 40.0 Å². The molecule has 0 aromatic heterocycles. The predicted octanol–water partition coefficient (Wildman–Crippen LogP) is 1.22. The Morgan fingerprint density at radius 2 is 1.64 bits per heavy atom. The summed E-state index contributed by atoms with van der Waals surface area (Å²) in [7, 11) is 0.767. The highest BCUT2D eigenvalue weighted by atomic mass is 28.2. The minimum Gasteiger partial charge on any atom is -0.404 e. The lowest BCUT2D eigenvalue weighted by Crippen LogP contribution is -2.22. The fraction of sp³-hybridized carbons (Fsp3) is 1.00. The maximum absolute atomic E-state index is 5.66. The van der Waals surface area contributed by atoms with Crippen LogP contribution in [0, 0.1) is 0 Å². The lowest BCUT2D eigenvalue weighted by molar-refractivity contribution is -0.119. The lowest BCUT2D eigenvalue weighted by atomic mass is 10.2. The molecule has 0 fully saturated rings. The van der Waals surface area contributed by atoms with E-state index in [4.69, 9.17) is 9.16 Å². The minimum absolute atomic E-state index is 0.0477. The first-order valence-electron chi connectivity index (χ1n) is 4.46. The van der Waals surface area contributed by atoms with Crippen molar-refractivity contribution in [1.29, 1.82) is 0 Å². The zero-order valence-corrected chi connectivity index (χ0v) is 10.1. The van der Waals surface area contributed by atoms with E-state index >= 15 is 0 Å². The van der Waals surface area contributed by atoms with E-state index in [1.807, 2.05) is 0 Å². The summed E-state index contributed by atoms with van der Waals surface area (Å²) in [6, 6.07) is 0. The number of hydrogen-bond acceptors (Lipinski definition) is 2. The highest BCUT2D eigenvalue weighted by Crippen LogP contribution is 2.08. The normalized spacial score (nSPS) is 14.2. The summed E-state index contributed by atoms with van der Waals surface area (Å²) in [5, 5.41) is 0. The van der Waals surface area contributed by atoms with Crippen molar-refractivity contribution in [2.45, 2.75) is 52.4 Å². The largest absolute Gasteiger partial charge is 0.404 e. The van der Waals surface area contributed by atoms with E-state index in [9.17, 15) is 0 Å². The fourth-order valence-corrected chi connectivity index (χ4v) is 1.46. The van der Waals surface area contributed by atoms with Crippen LogP contribution in [0.3, 0.4) is 0 Å². The third-order valence-electron chi connectivity index (χ3n) is 1.85. The van der Waals surface area contributed by atoms with Crippen molar-refractivity contribution in [2.24, 2.45) is 0 Å². The van der Waals surface area contributed by atoms with Gasteiger partial charge in [0.05, 0.1) is 6.10 Å². The van der Waals surface area contributed by atoms with E-state index in [0.717, 1.165) is 29.7 Å². The summed E-state index contributed by atoms with van der Waals surface area (Å²) in [5.41, 5.74) is 0. The highest BCUT2D eigenvalue weighted by Gasteiger charge is 2.09. The van der Waals surface area contributed by atoms with Crippen molar-refractivity contribution >= 4 is 10.5 Å². The molecule has 0 aromatic rings. The summed E-state index contributed by atoms with van der Waals surface area (Å²) >= 11 is 0. The van der Waals surface area contributed by atoms with Gasteiger partial charge in [0.15, 0.2) is 0 Å². The average Bonchev–Trinajstić information content (AvgIpc) is 2.07. The molecule has 0 aliphatic carbocycles. The fourth-order valence-electron chi connectivity index (χ4n) is 1.01. The van der Waals surface area contributed by atoms with Gasteiger partial charge in [-0.2, -0.15) is 0 Å². The molecule has 0 rings (SSSR count). The second-order valence-electron chi connectivity index (χ2n) is 2.65. The molecule has 3 heteroatoms. The van der Waals surface area contributed by atoms with E-state index in [0.29, 0.717) is 6.10 Å². The summed E-state index contributed by atoms with van der Waals surface area (Å²) in [6.45, 7) is 6.38. The Bertz CT molecular complexity index is 70.2. The molecule has 0 spiro atoms. The molecule has 0 saturated carbocycles. The van der Waals surface area contributed by atoms with Crippen molar-refractivity contribution < 1.29 is 9.16 Å². The predicted molar refractivity (Wildman–Crippen MR) is 50.6 cm³/mol. The van der Waals surface area contributed by atoms with Crippen molar-refractivity contribution in [3.63, 3.8) is 0 Å². The zero-order valence-electron chi connectivity index (χ0n) is 8.09. The quantitative estimate of drug-likeness (QED) is 0.447. The van der Waals surface area contributed by atoms with Crippen LogP contribution in [0.5, 0.6) is 0 Å². The molecule has 68 valence electrons. The molecule has 11 heavy (non-hydrogen) atoms. The molecule has 0 bridgehead atoms. The first-order chi connectivity index (χ1) is 5.28. The van der Waals surface area contributed by atoms with Gasteiger partial charge in [-0.3, -0.25) is 0 Å². The molecule has 0 amide bonds. The summed E-state index contributed by atoms with van der Waals surface area (Å²) < 4.78 is 10.9. The van der Waals surface area contributed by atoms with Crippen LogP contribution >= 0.6 is 0 Å². The Hall–Kier alpha value is 0.137. The van der Waals surface area contributed by atoms with E-state index in [2.05, 4.69) is 20.8 Å². The van der Waals surface area contributed by atoms with E-state index in [1.165, 1.54) is 0 Å². The van der Waals surface area contributed by atoms with E-state index in [-0.39, 0.29) is 6.29 Å². The molecule has 1 atom stereocenters. The molecule has 1 unspecified atom stereocenters. The van der Waals surface area contributed by atoms with Crippen LogP contribution in [-0.4, -0.2) is 22.9 Å². The summed E-state index contributed by atoms with van der Waals surface area (Å²) in [5.74, 6) is 0. The Balaban J connectivity index is 3.58. The van der Waals surface area contributed by atoms with Gasteiger partial charge in [-0.25, -0.2) is 0 Å². The number of hydrogen-bond donors (Lipinski definition) is 0. The number of rotatable bonds is 6. The van der Waals surface area contributed by atoms with Gasteiger partial charge in [0.1, 0.15) is 16.8 Å². The first kappa shape index (κ1) is 11.1. The Morgan fingerprint density at radius 3 is 1.91 bits per heavy atom. The van der Waals surface area contributed by atoms with E-state index < -0.39 is 0 Å². The lowest BCUT2D eigenvalue weighted by Gasteiger charge is -2.21. The third-order valence-corrected chi connectivity index (χ3v) is 2.38. The van der Waals surface area contributed by atoms with Crippen LogP contribution in [0.25, 0.3) is 0 Å². The van der Waals surface area contributed by atoms with Gasteiger partial charge < -0.3 is 9.16 Å². The van der Waals surface area contributed by atoms with Crippen LogP contribution in [0.2, 0.25) is 0 Å². The van der Waals surface area contributed by atoms with Crippen molar-refractivity contribution in [3.8, 4) is 0 Å². The second-order valence-corrected chi connectivity index (χ2v) is 3.12. The third kappa shape index (κ3) is 4.56. The zero-order chi connectivity index (χ0) is 8.69. The molecule has 0 aliphatic heterocycles. The molecule has 0 radical (unpaired) electrons. The average molecular weight is 176 g/mol. The molecule has 0 saturated heterocycles. The van der Waals surface area contributed by atoms with Gasteiger partial charge in [-0.05, 0) is 19.3 Å². The smallest absolute Gasteiger partial charge is 0.149 e. The summed E-state index contributed by atoms with van der Waals surface area (Å²) in [4.78, 5) is 0. The van der Waals surface area contributed by atoms with Gasteiger partial charge in [-0.1, -0.05) is 20.8 Å². The van der Waals surface area contributed by atoms with Crippen LogP contribution < -0.4 is 0 Å². The van der Waals surface area contributed by atoms with Crippen LogP contribution in [0.4, 0.5) is 0 Å². The Morgan fingerprint density at radius 1 is 1.09 bits per heavy atom. The maximum atomic E-state index is 5.66. The number of ether oxygens (including phenoxy) is 1. The highest BCUT2D eigenvalue weighted by molar-refractivity contribution is 5.98. The first-order valence-corrected chi connectivity index (χ1v) is 5.28. The summed E-state index contributed by atoms with van der Waals surface area (Å²) in [6.07, 6.45) is 3.55.